The maximum Gasteiger partial charge on any atom is 0.407 e. The standard InChI is InChI=1S/C14H20N2O3/c17-9-6-13-11-16(14(18)19)8-7-15(13)10-12-4-2-1-3-5-12/h1-5,13,17H,6-11H2,(H,18,19)/t13-/m0/s1. The molecule has 0 saturated carbocycles. The molecular weight excluding hydrogens is 244 g/mol. The van der Waals surface area contributed by atoms with Gasteiger partial charge in [-0.15, -0.1) is 0 Å². The lowest BCUT2D eigenvalue weighted by atomic mass is 10.1. The Labute approximate surface area is 113 Å². The SMILES string of the molecule is O=C(O)N1CCN(Cc2ccccc2)[C@@H](CCO)C1. The third-order valence-corrected chi connectivity index (χ3v) is 3.57. The molecule has 0 radical (unpaired) electrons. The normalized spacial score (nSPS) is 20.5. The molecule has 1 aliphatic heterocycles. The first-order valence-corrected chi connectivity index (χ1v) is 6.57. The largest absolute Gasteiger partial charge is 0.465 e. The minimum absolute atomic E-state index is 0.0867. The summed E-state index contributed by atoms with van der Waals surface area (Å²) in [6, 6.07) is 10.2. The van der Waals surface area contributed by atoms with Crippen LogP contribution in [0.25, 0.3) is 0 Å². The molecule has 0 aromatic heterocycles. The number of hydrogen-bond donors (Lipinski definition) is 2. The number of aliphatic hydroxyl groups is 1. The second-order valence-corrected chi connectivity index (χ2v) is 4.85. The fourth-order valence-electron chi connectivity index (χ4n) is 2.52. The lowest BCUT2D eigenvalue weighted by molar-refractivity contribution is 0.0526. The number of aliphatic hydroxyl groups excluding tert-OH is 1. The molecule has 1 amide bonds. The van der Waals surface area contributed by atoms with Gasteiger partial charge in [-0.1, -0.05) is 30.3 Å². The van der Waals surface area contributed by atoms with Gasteiger partial charge in [0.05, 0.1) is 0 Å². The number of carbonyl (C=O) groups is 1. The van der Waals surface area contributed by atoms with E-state index in [4.69, 9.17) is 10.2 Å². The maximum absolute atomic E-state index is 11.0. The third kappa shape index (κ3) is 3.68. The molecule has 0 unspecified atom stereocenters. The van der Waals surface area contributed by atoms with Crippen LogP contribution in [-0.2, 0) is 6.54 Å². The van der Waals surface area contributed by atoms with Crippen molar-refractivity contribution in [1.29, 1.82) is 0 Å². The average molecular weight is 264 g/mol. The highest BCUT2D eigenvalue weighted by Gasteiger charge is 2.28. The van der Waals surface area contributed by atoms with E-state index >= 15 is 0 Å². The van der Waals surface area contributed by atoms with Crippen LogP contribution in [-0.4, -0.2) is 58.4 Å². The highest BCUT2D eigenvalue weighted by Crippen LogP contribution is 2.16. The molecule has 2 N–H and O–H groups in total. The zero-order valence-corrected chi connectivity index (χ0v) is 10.9. The Bertz CT molecular complexity index is 410. The minimum atomic E-state index is -0.873. The Balaban J connectivity index is 2.01. The summed E-state index contributed by atoms with van der Waals surface area (Å²) in [5.74, 6) is 0. The van der Waals surface area contributed by atoms with Gasteiger partial charge in [0.25, 0.3) is 0 Å². The van der Waals surface area contributed by atoms with Crippen LogP contribution in [0, 0.1) is 0 Å². The van der Waals surface area contributed by atoms with Crippen LogP contribution in [0.2, 0.25) is 0 Å². The van der Waals surface area contributed by atoms with Crippen molar-refractivity contribution in [2.75, 3.05) is 26.2 Å². The number of amides is 1. The molecule has 104 valence electrons. The van der Waals surface area contributed by atoms with Gasteiger partial charge in [-0.3, -0.25) is 4.90 Å². The van der Waals surface area contributed by atoms with Gasteiger partial charge in [-0.05, 0) is 12.0 Å². The molecule has 1 atom stereocenters. The van der Waals surface area contributed by atoms with Crippen LogP contribution in [0.4, 0.5) is 4.79 Å². The maximum atomic E-state index is 11.0. The highest BCUT2D eigenvalue weighted by atomic mass is 16.4. The van der Waals surface area contributed by atoms with Crippen LogP contribution in [0.1, 0.15) is 12.0 Å². The number of hydrogen-bond acceptors (Lipinski definition) is 3. The Morgan fingerprint density at radius 3 is 2.63 bits per heavy atom. The third-order valence-electron chi connectivity index (χ3n) is 3.57. The lowest BCUT2D eigenvalue weighted by Gasteiger charge is -2.40. The van der Waals surface area contributed by atoms with Crippen LogP contribution in [0.5, 0.6) is 0 Å². The number of piperazine rings is 1. The molecular formula is C14H20N2O3. The quantitative estimate of drug-likeness (QED) is 0.858. The van der Waals surface area contributed by atoms with E-state index in [0.717, 1.165) is 6.54 Å². The first kappa shape index (κ1) is 13.8. The van der Waals surface area contributed by atoms with E-state index < -0.39 is 6.09 Å². The van der Waals surface area contributed by atoms with Gasteiger partial charge in [0.15, 0.2) is 0 Å². The Hall–Kier alpha value is -1.59. The van der Waals surface area contributed by atoms with E-state index in [1.807, 2.05) is 18.2 Å². The van der Waals surface area contributed by atoms with E-state index in [-0.39, 0.29) is 12.6 Å². The van der Waals surface area contributed by atoms with E-state index in [9.17, 15) is 4.79 Å². The Morgan fingerprint density at radius 2 is 2.00 bits per heavy atom. The predicted octanol–water partition coefficient (Wildman–Crippen LogP) is 1.23. The summed E-state index contributed by atoms with van der Waals surface area (Å²) in [7, 11) is 0. The molecule has 1 aromatic carbocycles. The summed E-state index contributed by atoms with van der Waals surface area (Å²) in [5.41, 5.74) is 1.22. The van der Waals surface area contributed by atoms with Crippen molar-refractivity contribution in [3.63, 3.8) is 0 Å². The second-order valence-electron chi connectivity index (χ2n) is 4.85. The van der Waals surface area contributed by atoms with E-state index in [2.05, 4.69) is 17.0 Å². The van der Waals surface area contributed by atoms with Crippen LogP contribution < -0.4 is 0 Å². The highest BCUT2D eigenvalue weighted by molar-refractivity contribution is 5.65. The Kier molecular flexibility index (Phi) is 4.76. The summed E-state index contributed by atoms with van der Waals surface area (Å²) < 4.78 is 0. The van der Waals surface area contributed by atoms with Gasteiger partial charge >= 0.3 is 6.09 Å². The molecule has 2 rings (SSSR count). The van der Waals surface area contributed by atoms with E-state index in [0.29, 0.717) is 26.1 Å². The fraction of sp³-hybridized carbons (Fsp3) is 0.500. The van der Waals surface area contributed by atoms with E-state index in [1.54, 1.807) is 0 Å². The smallest absolute Gasteiger partial charge is 0.407 e. The van der Waals surface area contributed by atoms with Crippen molar-refractivity contribution in [2.24, 2.45) is 0 Å². The van der Waals surface area contributed by atoms with Crippen molar-refractivity contribution in [1.82, 2.24) is 9.80 Å². The zero-order chi connectivity index (χ0) is 13.7. The summed E-state index contributed by atoms with van der Waals surface area (Å²) in [5, 5.41) is 18.2. The number of carboxylic acid groups (broad SMARTS) is 1. The number of rotatable bonds is 4. The fourth-order valence-corrected chi connectivity index (χ4v) is 2.52. The summed E-state index contributed by atoms with van der Waals surface area (Å²) in [6.07, 6.45) is -0.265. The van der Waals surface area contributed by atoms with Crippen LogP contribution in [0.15, 0.2) is 30.3 Å². The van der Waals surface area contributed by atoms with Crippen LogP contribution in [0.3, 0.4) is 0 Å². The van der Waals surface area contributed by atoms with Gasteiger partial charge in [0, 0.05) is 38.8 Å². The van der Waals surface area contributed by atoms with Crippen molar-refractivity contribution < 1.29 is 15.0 Å². The molecule has 5 nitrogen and oxygen atoms in total. The topological polar surface area (TPSA) is 64.0 Å². The van der Waals surface area contributed by atoms with Crippen molar-refractivity contribution in [3.05, 3.63) is 35.9 Å². The Morgan fingerprint density at radius 1 is 1.26 bits per heavy atom. The van der Waals surface area contributed by atoms with Crippen molar-refractivity contribution in [3.8, 4) is 0 Å². The lowest BCUT2D eigenvalue weighted by Crippen LogP contribution is -2.54. The van der Waals surface area contributed by atoms with Gasteiger partial charge in [-0.25, -0.2) is 4.79 Å². The average Bonchev–Trinajstić information content (AvgIpc) is 2.42. The molecule has 5 heteroatoms. The number of nitrogens with zero attached hydrogens (tertiary/aromatic N) is 2. The molecule has 0 spiro atoms. The first-order valence-electron chi connectivity index (χ1n) is 6.57. The van der Waals surface area contributed by atoms with Gasteiger partial charge in [0.1, 0.15) is 0 Å². The van der Waals surface area contributed by atoms with Crippen molar-refractivity contribution in [2.45, 2.75) is 19.0 Å². The van der Waals surface area contributed by atoms with Crippen LogP contribution >= 0.6 is 0 Å². The van der Waals surface area contributed by atoms with Gasteiger partial charge in [0.2, 0.25) is 0 Å². The summed E-state index contributed by atoms with van der Waals surface area (Å²) in [6.45, 7) is 2.61. The molecule has 19 heavy (non-hydrogen) atoms. The number of benzene rings is 1. The van der Waals surface area contributed by atoms with Gasteiger partial charge < -0.3 is 15.1 Å². The van der Waals surface area contributed by atoms with E-state index in [1.165, 1.54) is 10.5 Å². The van der Waals surface area contributed by atoms with Crippen molar-refractivity contribution >= 4 is 6.09 Å². The molecule has 0 bridgehead atoms. The molecule has 1 fully saturated rings. The summed E-state index contributed by atoms with van der Waals surface area (Å²) >= 11 is 0. The zero-order valence-electron chi connectivity index (χ0n) is 10.9. The second kappa shape index (κ2) is 6.54. The molecule has 1 aliphatic rings. The molecule has 1 heterocycles. The predicted molar refractivity (Wildman–Crippen MR) is 71.9 cm³/mol. The molecule has 0 aliphatic carbocycles. The molecule has 1 aromatic rings. The monoisotopic (exact) mass is 264 g/mol. The minimum Gasteiger partial charge on any atom is -0.465 e. The first-order chi connectivity index (χ1) is 9.20. The molecule has 1 saturated heterocycles. The summed E-state index contributed by atoms with van der Waals surface area (Å²) in [4.78, 5) is 14.7. The van der Waals surface area contributed by atoms with Gasteiger partial charge in [-0.2, -0.15) is 0 Å².